The Kier molecular flexibility index (Phi) is 3.94. The van der Waals surface area contributed by atoms with E-state index in [1.54, 1.807) is 0 Å². The van der Waals surface area contributed by atoms with Gasteiger partial charge in [0.15, 0.2) is 0 Å². The molecule has 0 bridgehead atoms. The van der Waals surface area contributed by atoms with E-state index in [9.17, 15) is 0 Å². The molecule has 0 spiro atoms. The van der Waals surface area contributed by atoms with Gasteiger partial charge in [0.1, 0.15) is 0 Å². The van der Waals surface area contributed by atoms with Gasteiger partial charge in [-0.3, -0.25) is 4.98 Å². The van der Waals surface area contributed by atoms with Crippen LogP contribution in [0.25, 0.3) is 0 Å². The molecule has 0 aromatic carbocycles. The number of hydrogen-bond donors (Lipinski definition) is 1. The summed E-state index contributed by atoms with van der Waals surface area (Å²) in [4.78, 5) is 4.28. The molecule has 1 fully saturated rings. The molecular weight excluding hydrogens is 196 g/mol. The van der Waals surface area contributed by atoms with E-state index in [-0.39, 0.29) is 0 Å². The minimum atomic E-state index is 0.530. The van der Waals surface area contributed by atoms with E-state index in [2.05, 4.69) is 30.2 Å². The third-order valence-electron chi connectivity index (χ3n) is 3.65. The molecule has 0 saturated heterocycles. The second-order valence-electron chi connectivity index (χ2n) is 4.86. The smallest absolute Gasteiger partial charge is 0.0366 e. The standard InChI is InChI=1S/C14H22N2/c1-3-8-16-14(12-5-4-6-12)13-10-15-9-7-11(13)2/h7,9-10,12,14,16H,3-6,8H2,1-2H3. The molecule has 1 aromatic heterocycles. The summed E-state index contributed by atoms with van der Waals surface area (Å²) >= 11 is 0. The first-order valence-electron chi connectivity index (χ1n) is 6.46. The Morgan fingerprint density at radius 1 is 1.50 bits per heavy atom. The highest BCUT2D eigenvalue weighted by atomic mass is 14.9. The predicted molar refractivity (Wildman–Crippen MR) is 67.3 cm³/mol. The number of nitrogens with one attached hydrogen (secondary N) is 1. The molecule has 0 radical (unpaired) electrons. The molecule has 2 heteroatoms. The van der Waals surface area contributed by atoms with Crippen LogP contribution in [-0.2, 0) is 0 Å². The highest BCUT2D eigenvalue weighted by Gasteiger charge is 2.28. The van der Waals surface area contributed by atoms with E-state index in [0.29, 0.717) is 6.04 Å². The lowest BCUT2D eigenvalue weighted by Gasteiger charge is -2.35. The Balaban J connectivity index is 2.13. The number of aromatic nitrogens is 1. The minimum absolute atomic E-state index is 0.530. The maximum Gasteiger partial charge on any atom is 0.0366 e. The molecule has 88 valence electrons. The third kappa shape index (κ3) is 2.43. The van der Waals surface area contributed by atoms with Gasteiger partial charge >= 0.3 is 0 Å². The van der Waals surface area contributed by atoms with Crippen LogP contribution in [0, 0.1) is 12.8 Å². The molecule has 0 aliphatic heterocycles. The number of rotatable bonds is 5. The van der Waals surface area contributed by atoms with Gasteiger partial charge in [0, 0.05) is 18.4 Å². The maximum absolute atomic E-state index is 4.28. The summed E-state index contributed by atoms with van der Waals surface area (Å²) in [5.41, 5.74) is 2.77. The molecule has 1 aliphatic carbocycles. The zero-order valence-corrected chi connectivity index (χ0v) is 10.4. The van der Waals surface area contributed by atoms with Gasteiger partial charge in [-0.15, -0.1) is 0 Å². The molecule has 2 nitrogen and oxygen atoms in total. The lowest BCUT2D eigenvalue weighted by atomic mass is 9.76. The van der Waals surface area contributed by atoms with Crippen molar-refractivity contribution < 1.29 is 0 Å². The normalized spacial score (nSPS) is 18.1. The van der Waals surface area contributed by atoms with Crippen molar-refractivity contribution in [2.24, 2.45) is 5.92 Å². The number of pyridine rings is 1. The number of aryl methyl sites for hydroxylation is 1. The van der Waals surface area contributed by atoms with Gasteiger partial charge in [0.2, 0.25) is 0 Å². The van der Waals surface area contributed by atoms with Crippen molar-refractivity contribution in [3.8, 4) is 0 Å². The zero-order chi connectivity index (χ0) is 11.4. The van der Waals surface area contributed by atoms with Crippen LogP contribution in [0.1, 0.15) is 49.8 Å². The predicted octanol–water partition coefficient (Wildman–Crippen LogP) is 3.23. The van der Waals surface area contributed by atoms with E-state index < -0.39 is 0 Å². The second kappa shape index (κ2) is 5.44. The largest absolute Gasteiger partial charge is 0.310 e. The first kappa shape index (κ1) is 11.6. The average molecular weight is 218 g/mol. The van der Waals surface area contributed by atoms with Gasteiger partial charge in [-0.25, -0.2) is 0 Å². The lowest BCUT2D eigenvalue weighted by molar-refractivity contribution is 0.230. The van der Waals surface area contributed by atoms with Gasteiger partial charge in [-0.05, 0) is 55.8 Å². The molecule has 2 rings (SSSR count). The lowest BCUT2D eigenvalue weighted by Crippen LogP contribution is -2.33. The van der Waals surface area contributed by atoms with Crippen molar-refractivity contribution in [3.05, 3.63) is 29.6 Å². The van der Waals surface area contributed by atoms with Crippen molar-refractivity contribution in [2.45, 2.75) is 45.6 Å². The summed E-state index contributed by atoms with van der Waals surface area (Å²) in [5.74, 6) is 0.828. The summed E-state index contributed by atoms with van der Waals surface area (Å²) in [6.07, 6.45) is 9.26. The molecule has 1 atom stereocenters. The second-order valence-corrected chi connectivity index (χ2v) is 4.86. The fourth-order valence-electron chi connectivity index (χ4n) is 2.41. The van der Waals surface area contributed by atoms with Crippen molar-refractivity contribution in [1.29, 1.82) is 0 Å². The van der Waals surface area contributed by atoms with Crippen LogP contribution in [0.3, 0.4) is 0 Å². The van der Waals surface area contributed by atoms with Crippen molar-refractivity contribution in [1.82, 2.24) is 10.3 Å². The van der Waals surface area contributed by atoms with Gasteiger partial charge < -0.3 is 5.32 Å². The molecule has 0 amide bonds. The van der Waals surface area contributed by atoms with Crippen molar-refractivity contribution in [3.63, 3.8) is 0 Å². The Hall–Kier alpha value is -0.890. The first-order valence-corrected chi connectivity index (χ1v) is 6.46. The fourth-order valence-corrected chi connectivity index (χ4v) is 2.41. The summed E-state index contributed by atoms with van der Waals surface area (Å²) in [5, 5.41) is 3.69. The summed E-state index contributed by atoms with van der Waals surface area (Å²) in [7, 11) is 0. The van der Waals surface area contributed by atoms with Gasteiger partial charge in [0.25, 0.3) is 0 Å². The number of nitrogens with zero attached hydrogens (tertiary/aromatic N) is 1. The van der Waals surface area contributed by atoms with Crippen LogP contribution in [0.15, 0.2) is 18.5 Å². The quantitative estimate of drug-likeness (QED) is 0.820. The Morgan fingerprint density at radius 3 is 2.88 bits per heavy atom. The third-order valence-corrected chi connectivity index (χ3v) is 3.65. The summed E-state index contributed by atoms with van der Waals surface area (Å²) in [6.45, 7) is 5.52. The molecule has 1 unspecified atom stereocenters. The first-order chi connectivity index (χ1) is 7.83. The van der Waals surface area contributed by atoms with Crippen LogP contribution in [0.4, 0.5) is 0 Å². The van der Waals surface area contributed by atoms with Crippen LogP contribution < -0.4 is 5.32 Å². The van der Waals surface area contributed by atoms with Crippen LogP contribution in [0.2, 0.25) is 0 Å². The average Bonchev–Trinajstić information content (AvgIpc) is 2.22. The molecule has 1 saturated carbocycles. The van der Waals surface area contributed by atoms with Crippen LogP contribution in [0.5, 0.6) is 0 Å². The van der Waals surface area contributed by atoms with E-state index in [0.717, 1.165) is 12.5 Å². The number of hydrogen-bond acceptors (Lipinski definition) is 2. The molecule has 1 aliphatic rings. The highest BCUT2D eigenvalue weighted by Crippen LogP contribution is 2.38. The van der Waals surface area contributed by atoms with E-state index in [1.165, 1.54) is 36.8 Å². The molecule has 1 aromatic rings. The summed E-state index contributed by atoms with van der Waals surface area (Å²) < 4.78 is 0. The van der Waals surface area contributed by atoms with Gasteiger partial charge in [0.05, 0.1) is 0 Å². The van der Waals surface area contributed by atoms with Crippen molar-refractivity contribution >= 4 is 0 Å². The SMILES string of the molecule is CCCNC(c1cnccc1C)C1CCC1. The Morgan fingerprint density at radius 2 is 2.31 bits per heavy atom. The molecule has 16 heavy (non-hydrogen) atoms. The van der Waals surface area contributed by atoms with Gasteiger partial charge in [-0.1, -0.05) is 13.3 Å². The van der Waals surface area contributed by atoms with E-state index in [4.69, 9.17) is 0 Å². The molecular formula is C14H22N2. The van der Waals surface area contributed by atoms with Crippen molar-refractivity contribution in [2.75, 3.05) is 6.54 Å². The topological polar surface area (TPSA) is 24.9 Å². The van der Waals surface area contributed by atoms with Gasteiger partial charge in [-0.2, -0.15) is 0 Å². The summed E-state index contributed by atoms with van der Waals surface area (Å²) in [6, 6.07) is 2.65. The van der Waals surface area contributed by atoms with E-state index in [1.807, 2.05) is 12.4 Å². The van der Waals surface area contributed by atoms with E-state index >= 15 is 0 Å². The molecule has 1 N–H and O–H groups in total. The minimum Gasteiger partial charge on any atom is -0.310 e. The molecule has 1 heterocycles. The van der Waals surface area contributed by atoms with Crippen LogP contribution in [-0.4, -0.2) is 11.5 Å². The van der Waals surface area contributed by atoms with Crippen LogP contribution >= 0.6 is 0 Å². The maximum atomic E-state index is 4.28. The zero-order valence-electron chi connectivity index (χ0n) is 10.4. The Bertz CT molecular complexity index is 331. The monoisotopic (exact) mass is 218 g/mol. The fraction of sp³-hybridized carbons (Fsp3) is 0.643. The highest BCUT2D eigenvalue weighted by molar-refractivity contribution is 5.26. The Labute approximate surface area is 98.5 Å².